The van der Waals surface area contributed by atoms with Crippen LogP contribution < -0.4 is 4.90 Å². The van der Waals surface area contributed by atoms with Crippen molar-refractivity contribution in [2.24, 2.45) is 0 Å². The largest absolute Gasteiger partial charge is 0.372 e. The molecule has 0 radical (unpaired) electrons. The van der Waals surface area contributed by atoms with Crippen molar-refractivity contribution in [2.75, 3.05) is 11.9 Å². The third-order valence-electron chi connectivity index (χ3n) is 21.5. The number of aryl methyl sites for hydroxylation is 2. The third-order valence-corrected chi connectivity index (χ3v) is 21.5. The Hall–Kier alpha value is -8.20. The molecular formula is C103H136N2. The Morgan fingerprint density at radius 2 is 0.724 bits per heavy atom. The first kappa shape index (κ1) is 82.5. The summed E-state index contributed by atoms with van der Waals surface area (Å²) in [5.41, 5.74) is 30.0. The molecule has 0 unspecified atom stereocenters. The minimum Gasteiger partial charge on any atom is -0.372 e. The topological polar surface area (TPSA) is 8.17 Å². The number of anilines is 1. The van der Waals surface area contributed by atoms with Gasteiger partial charge in [-0.1, -0.05) is 353 Å². The average Bonchev–Trinajstić information content (AvgIpc) is 1.22. The lowest BCUT2D eigenvalue weighted by molar-refractivity contribution is 0.331. The molecule has 0 saturated carbocycles. The number of fused-ring (bicyclic) bond motifs is 4. The fourth-order valence-electron chi connectivity index (χ4n) is 15.4. The molecule has 10 aromatic carbocycles. The summed E-state index contributed by atoms with van der Waals surface area (Å²) in [6.07, 6.45) is 2.59. The van der Waals surface area contributed by atoms with Crippen LogP contribution in [0.15, 0.2) is 224 Å². The van der Waals surface area contributed by atoms with Crippen LogP contribution >= 0.6 is 0 Å². The molecule has 1 aromatic heterocycles. The lowest BCUT2D eigenvalue weighted by Gasteiger charge is -2.42. The Balaban J connectivity index is 0.000000179. The molecule has 1 heterocycles. The van der Waals surface area contributed by atoms with Crippen molar-refractivity contribution in [3.63, 3.8) is 0 Å². The van der Waals surface area contributed by atoms with Crippen LogP contribution in [0.4, 0.5) is 5.69 Å². The van der Waals surface area contributed by atoms with Crippen LogP contribution in [-0.4, -0.2) is 17.7 Å². The molecule has 2 nitrogen and oxygen atoms in total. The van der Waals surface area contributed by atoms with Gasteiger partial charge in [-0.2, -0.15) is 0 Å². The van der Waals surface area contributed by atoms with Crippen LogP contribution in [-0.2, 0) is 21.7 Å². The second-order valence-electron chi connectivity index (χ2n) is 35.5. The highest BCUT2D eigenvalue weighted by atomic mass is 15.1. The summed E-state index contributed by atoms with van der Waals surface area (Å²) in [6.45, 7) is 63.4. The first-order chi connectivity index (χ1) is 49.6. The van der Waals surface area contributed by atoms with Crippen molar-refractivity contribution < 1.29 is 1.37 Å². The van der Waals surface area contributed by atoms with E-state index in [4.69, 9.17) is 1.37 Å². The van der Waals surface area contributed by atoms with Gasteiger partial charge in [0, 0.05) is 48.0 Å². The van der Waals surface area contributed by atoms with Gasteiger partial charge in [-0.05, 0) is 236 Å². The Labute approximate surface area is 642 Å². The van der Waals surface area contributed by atoms with E-state index in [0.717, 1.165) is 5.56 Å². The molecule has 12 rings (SSSR count). The van der Waals surface area contributed by atoms with E-state index in [9.17, 15) is 0 Å². The second-order valence-corrected chi connectivity index (χ2v) is 35.5. The lowest BCUT2D eigenvalue weighted by atomic mass is 9.62. The molecule has 0 amide bonds. The van der Waals surface area contributed by atoms with Gasteiger partial charge in [0.15, 0.2) is 0 Å². The molecule has 2 heteroatoms. The van der Waals surface area contributed by atoms with Crippen LogP contribution in [0.2, 0.25) is 0 Å². The number of para-hydroxylation sites is 3. The second kappa shape index (κ2) is 36.4. The summed E-state index contributed by atoms with van der Waals surface area (Å²) in [6, 6.07) is 81.7. The zero-order chi connectivity index (χ0) is 78.6. The molecule has 1 aliphatic rings. The van der Waals surface area contributed by atoms with Crippen LogP contribution in [0.3, 0.4) is 0 Å². The van der Waals surface area contributed by atoms with Crippen molar-refractivity contribution in [3.8, 4) is 33.4 Å². The van der Waals surface area contributed by atoms with E-state index in [2.05, 4.69) is 409 Å². The summed E-state index contributed by atoms with van der Waals surface area (Å²) < 4.78 is 11.1. The highest BCUT2D eigenvalue weighted by Gasteiger charge is 2.38. The molecule has 11 aromatic rings. The Kier molecular flexibility index (Phi) is 28.6. The van der Waals surface area contributed by atoms with Gasteiger partial charge in [0.1, 0.15) is 0 Å². The van der Waals surface area contributed by atoms with Crippen molar-refractivity contribution in [2.45, 2.75) is 276 Å². The Morgan fingerprint density at radius 1 is 0.362 bits per heavy atom. The first-order valence-electron chi connectivity index (χ1n) is 40.1. The summed E-state index contributed by atoms with van der Waals surface area (Å²) >= 11 is 0. The van der Waals surface area contributed by atoms with Crippen LogP contribution in [0.1, 0.15) is 303 Å². The van der Waals surface area contributed by atoms with Crippen molar-refractivity contribution >= 4 is 27.5 Å². The third kappa shape index (κ3) is 21.5. The van der Waals surface area contributed by atoms with Crippen LogP contribution in [0.5, 0.6) is 0 Å². The first-order valence-corrected chi connectivity index (χ1v) is 39.6. The number of benzene rings is 10. The normalized spacial score (nSPS) is 13.4. The maximum absolute atomic E-state index is 8.67. The number of aromatic nitrogens is 1. The quantitative estimate of drug-likeness (QED) is 0.118. The van der Waals surface area contributed by atoms with E-state index in [1.807, 2.05) is 26.0 Å². The fourth-order valence-corrected chi connectivity index (χ4v) is 15.4. The standard InChI is InChI=1S/C22H30.C21H28.C18H28.C17H20.C15H15N.C10H15N/c1-15(2)19-13-18(17-11-9-8-10-12-17)14-20(22(5,6)7)21(19)16(3)4;1-14(2)19-12-18(17-10-8-7-9-11-17)13-20(15(3)4)21(19)16(5)6;1-16(2,3)13-8-9-14-15(12-13)18(6,7)11-10-17(14,4)5;1-12(2)17-13(3)10-16(11-14(17)4)15-8-6-5-7-9-15;1-11(2)16-14-9-5-3-7-12(14)13-8-4-6-10-15(13)16;1-9(2)11(3)10-7-5-4-6-8-10/h8-16H,1-7H3;7-16H,1-6H3;8-9,12H,10-11H2,1-7H3;5-12H,1-4H3;3-11H,1-2H3;4-9H,1-3H3/i15D;;;;;. The molecule has 0 saturated heterocycles. The van der Waals surface area contributed by atoms with Gasteiger partial charge < -0.3 is 9.47 Å². The molecule has 0 atom stereocenters. The van der Waals surface area contributed by atoms with Gasteiger partial charge in [0.25, 0.3) is 0 Å². The minimum absolute atomic E-state index is 0.0599. The molecule has 0 bridgehead atoms. The minimum atomic E-state index is -0.607. The van der Waals surface area contributed by atoms with E-state index < -0.39 is 5.89 Å². The Bertz CT molecular complexity index is 4430. The SMILES string of the molecule is CC(C)(C)c1ccc2c(c1)C(C)(C)CCC2(C)C.CC(C)N(C)c1ccccc1.CC(C)c1cc(-c2ccccc2)cc(C(C)C)c1C(C)C.CC(C)n1c2ccccc2c2ccccc21.Cc1cc(-c2ccccc2)cc(C)c1C(C)C.[2H]C(C)(C)c1cc(-c2ccccc2)cc(C(C)(C)C)c1C(C)C. The molecule has 0 N–H and O–H groups in total. The predicted octanol–water partition coefficient (Wildman–Crippen LogP) is 31.0. The highest BCUT2D eigenvalue weighted by Crippen LogP contribution is 2.47. The average molecular weight is 1400 g/mol. The predicted molar refractivity (Wildman–Crippen MR) is 469 cm³/mol. The number of nitrogens with zero attached hydrogens (tertiary/aromatic N) is 2. The Morgan fingerprint density at radius 3 is 1.09 bits per heavy atom. The van der Waals surface area contributed by atoms with E-state index in [1.54, 1.807) is 16.7 Å². The number of hydrogen-bond acceptors (Lipinski definition) is 1. The smallest absolute Gasteiger partial charge is 0.0493 e. The van der Waals surface area contributed by atoms with Crippen molar-refractivity contribution in [1.82, 2.24) is 4.57 Å². The number of hydrogen-bond donors (Lipinski definition) is 0. The fraction of sp³-hybridized carbons (Fsp3) is 0.417. The summed E-state index contributed by atoms with van der Waals surface area (Å²) in [5, 5.41) is 2.71. The van der Waals surface area contributed by atoms with Gasteiger partial charge >= 0.3 is 0 Å². The van der Waals surface area contributed by atoms with Gasteiger partial charge in [0.05, 0.1) is 0 Å². The number of rotatable bonds is 12. The molecular weight excluding hydrogens is 1270 g/mol. The van der Waals surface area contributed by atoms with Gasteiger partial charge in [0.2, 0.25) is 0 Å². The van der Waals surface area contributed by atoms with Gasteiger partial charge in [-0.15, -0.1) is 0 Å². The van der Waals surface area contributed by atoms with Crippen molar-refractivity contribution in [1.29, 1.82) is 0 Å². The van der Waals surface area contributed by atoms with Gasteiger partial charge in [-0.3, -0.25) is 0 Å². The maximum atomic E-state index is 8.67. The summed E-state index contributed by atoms with van der Waals surface area (Å²) in [5.74, 6) is 2.09. The van der Waals surface area contributed by atoms with E-state index >= 15 is 0 Å². The van der Waals surface area contributed by atoms with Crippen LogP contribution in [0, 0.1) is 13.8 Å². The lowest BCUT2D eigenvalue weighted by Crippen LogP contribution is -2.34. The molecule has 105 heavy (non-hydrogen) atoms. The summed E-state index contributed by atoms with van der Waals surface area (Å²) in [7, 11) is 2.11. The van der Waals surface area contributed by atoms with Crippen LogP contribution in [0.25, 0.3) is 55.2 Å². The van der Waals surface area contributed by atoms with E-state index in [0.29, 0.717) is 52.5 Å². The molecule has 0 fully saturated rings. The van der Waals surface area contributed by atoms with Crippen molar-refractivity contribution in [3.05, 3.63) is 291 Å². The monoisotopic (exact) mass is 1400 g/mol. The molecule has 0 aliphatic heterocycles. The molecule has 0 spiro atoms. The molecule has 1 aliphatic carbocycles. The maximum Gasteiger partial charge on any atom is 0.0493 e. The van der Waals surface area contributed by atoms with E-state index in [1.165, 1.54) is 118 Å². The molecule has 558 valence electrons. The van der Waals surface area contributed by atoms with E-state index in [-0.39, 0.29) is 10.8 Å². The zero-order valence-electron chi connectivity index (χ0n) is 71.7. The zero-order valence-corrected chi connectivity index (χ0v) is 70.7. The summed E-state index contributed by atoms with van der Waals surface area (Å²) in [4.78, 5) is 2.25. The van der Waals surface area contributed by atoms with Gasteiger partial charge in [-0.25, -0.2) is 0 Å². The highest BCUT2D eigenvalue weighted by molar-refractivity contribution is 6.08.